The van der Waals surface area contributed by atoms with E-state index in [-0.39, 0.29) is 36.2 Å². The number of rotatable bonds is 45. The highest BCUT2D eigenvalue weighted by Crippen LogP contribution is 2.15. The van der Waals surface area contributed by atoms with E-state index in [4.69, 9.17) is 14.2 Å². The van der Waals surface area contributed by atoms with Gasteiger partial charge in [-0.2, -0.15) is 0 Å². The number of hydrogen-bond donors (Lipinski definition) is 1. The molecule has 0 radical (unpaired) electrons. The maximum Gasteiger partial charge on any atom is 0.362 e. The van der Waals surface area contributed by atoms with Crippen molar-refractivity contribution in [3.05, 3.63) is 24.3 Å². The number of carbonyl (C=O) groups is 3. The summed E-state index contributed by atoms with van der Waals surface area (Å²) in [5, 5.41) is 9.64. The molecule has 0 aromatic carbocycles. The summed E-state index contributed by atoms with van der Waals surface area (Å²) in [7, 11) is 5.53. The Morgan fingerprint density at radius 2 is 0.847 bits per heavy atom. The van der Waals surface area contributed by atoms with Gasteiger partial charge in [-0.15, -0.1) is 0 Å². The van der Waals surface area contributed by atoms with Crippen molar-refractivity contribution in [3.8, 4) is 0 Å². The molecule has 0 heterocycles. The summed E-state index contributed by atoms with van der Waals surface area (Å²) in [4.78, 5) is 37.1. The predicted molar refractivity (Wildman–Crippen MR) is 248 cm³/mol. The van der Waals surface area contributed by atoms with E-state index < -0.39 is 18.1 Å². The van der Waals surface area contributed by atoms with E-state index in [1.165, 1.54) is 154 Å². The van der Waals surface area contributed by atoms with E-state index in [1.807, 2.05) is 21.1 Å². The lowest BCUT2D eigenvalue weighted by molar-refractivity contribution is -0.887. The average Bonchev–Trinajstić information content (AvgIpc) is 3.19. The summed E-state index contributed by atoms with van der Waals surface area (Å²) in [5.41, 5.74) is 0. The highest BCUT2D eigenvalue weighted by Gasteiger charge is 2.31. The molecule has 0 aliphatic heterocycles. The minimum absolute atomic E-state index is 0.0537. The smallest absolute Gasteiger partial charge is 0.362 e. The van der Waals surface area contributed by atoms with Crippen molar-refractivity contribution in [2.75, 3.05) is 41.0 Å². The Labute approximate surface area is 364 Å². The average molecular weight is 835 g/mol. The molecule has 0 saturated heterocycles. The second-order valence-corrected chi connectivity index (χ2v) is 18.1. The fourth-order valence-corrected chi connectivity index (χ4v) is 7.43. The van der Waals surface area contributed by atoms with Crippen molar-refractivity contribution >= 4 is 17.9 Å². The van der Waals surface area contributed by atoms with Crippen molar-refractivity contribution in [1.82, 2.24) is 0 Å². The summed E-state index contributed by atoms with van der Waals surface area (Å²) in [5.74, 6) is -1.47. The Kier molecular flexibility index (Phi) is 40.9. The summed E-state index contributed by atoms with van der Waals surface area (Å²) in [6.07, 6.45) is 47.9. The molecule has 0 bridgehead atoms. The van der Waals surface area contributed by atoms with Crippen molar-refractivity contribution in [1.29, 1.82) is 0 Å². The Hall–Kier alpha value is -2.19. The van der Waals surface area contributed by atoms with Crippen LogP contribution in [0, 0.1) is 0 Å². The number of ether oxygens (including phenoxy) is 3. The molecule has 0 aliphatic rings. The molecule has 2 atom stereocenters. The van der Waals surface area contributed by atoms with Gasteiger partial charge in [0.25, 0.3) is 0 Å². The fourth-order valence-electron chi connectivity index (χ4n) is 7.43. The summed E-state index contributed by atoms with van der Waals surface area (Å²) < 4.78 is 17.3. The minimum Gasteiger partial charge on any atom is -0.477 e. The van der Waals surface area contributed by atoms with Crippen LogP contribution in [0.1, 0.15) is 232 Å². The van der Waals surface area contributed by atoms with Crippen LogP contribution in [0.3, 0.4) is 0 Å². The number of nitrogens with zero attached hydrogens (tertiary/aromatic N) is 1. The Morgan fingerprint density at radius 3 is 1.22 bits per heavy atom. The quantitative estimate of drug-likeness (QED) is 0.0282. The molecule has 0 rings (SSSR count). The first-order chi connectivity index (χ1) is 28.6. The van der Waals surface area contributed by atoms with Gasteiger partial charge in [0.2, 0.25) is 0 Å². The highest BCUT2D eigenvalue weighted by molar-refractivity contribution is 5.72. The zero-order chi connectivity index (χ0) is 43.5. The van der Waals surface area contributed by atoms with Crippen LogP contribution in [-0.4, -0.2) is 80.6 Å². The van der Waals surface area contributed by atoms with E-state index in [0.717, 1.165) is 44.9 Å². The minimum atomic E-state index is -0.874. The molecule has 0 amide bonds. The molecule has 0 aliphatic carbocycles. The lowest BCUT2D eigenvalue weighted by atomic mass is 10.1. The zero-order valence-electron chi connectivity index (χ0n) is 39.5. The third-order valence-corrected chi connectivity index (χ3v) is 11.3. The number of quaternary nitrogens is 1. The van der Waals surface area contributed by atoms with E-state index >= 15 is 0 Å². The Morgan fingerprint density at radius 1 is 0.492 bits per heavy atom. The molecule has 8 heteroatoms. The first-order valence-corrected chi connectivity index (χ1v) is 24.9. The largest absolute Gasteiger partial charge is 0.477 e. The first kappa shape index (κ1) is 56.8. The molecular formula is C51H96NO7+. The van der Waals surface area contributed by atoms with Gasteiger partial charge in [0.15, 0.2) is 12.1 Å². The lowest BCUT2D eigenvalue weighted by Crippen LogP contribution is -2.50. The monoisotopic (exact) mass is 835 g/mol. The molecule has 1 N–H and O–H groups in total. The van der Waals surface area contributed by atoms with Gasteiger partial charge in [0.1, 0.15) is 6.61 Å². The van der Waals surface area contributed by atoms with E-state index in [9.17, 15) is 19.5 Å². The van der Waals surface area contributed by atoms with Crippen LogP contribution in [0.25, 0.3) is 0 Å². The van der Waals surface area contributed by atoms with Gasteiger partial charge >= 0.3 is 17.9 Å². The molecule has 0 aromatic heterocycles. The number of unbranched alkanes of at least 4 members (excludes halogenated alkanes) is 27. The first-order valence-electron chi connectivity index (χ1n) is 24.9. The van der Waals surface area contributed by atoms with Crippen LogP contribution in [-0.2, 0) is 28.6 Å². The van der Waals surface area contributed by atoms with Gasteiger partial charge < -0.3 is 23.8 Å². The van der Waals surface area contributed by atoms with Crippen LogP contribution in [0.15, 0.2) is 24.3 Å². The number of hydrogen-bond acceptors (Lipinski definition) is 6. The third-order valence-electron chi connectivity index (χ3n) is 11.3. The van der Waals surface area contributed by atoms with Gasteiger partial charge in [-0.05, 0) is 64.2 Å². The van der Waals surface area contributed by atoms with Gasteiger partial charge in [0.05, 0.1) is 34.4 Å². The number of likely N-dealkylation sites (N-methyl/N-ethyl adjacent to an activating group) is 1. The number of allylic oxidation sites excluding steroid dienone is 4. The molecule has 346 valence electrons. The third kappa shape index (κ3) is 41.0. The van der Waals surface area contributed by atoms with Crippen LogP contribution in [0.5, 0.6) is 0 Å². The maximum atomic E-state index is 12.8. The van der Waals surface area contributed by atoms with Gasteiger partial charge in [-0.25, -0.2) is 4.79 Å². The molecular weight excluding hydrogens is 739 g/mol. The van der Waals surface area contributed by atoms with E-state index in [2.05, 4.69) is 38.2 Å². The summed E-state index contributed by atoms with van der Waals surface area (Å²) in [6, 6.07) is -0.615. The number of esters is 2. The van der Waals surface area contributed by atoms with Gasteiger partial charge in [-0.3, -0.25) is 9.59 Å². The molecule has 0 saturated carbocycles. The Balaban J connectivity index is 4.27. The number of carboxylic acid groups (broad SMARTS) is 1. The highest BCUT2D eigenvalue weighted by atomic mass is 16.6. The number of carboxylic acids is 1. The Bertz CT molecular complexity index is 1020. The molecule has 59 heavy (non-hydrogen) atoms. The van der Waals surface area contributed by atoms with Gasteiger partial charge in [-0.1, -0.05) is 173 Å². The van der Waals surface area contributed by atoms with Crippen LogP contribution in [0.2, 0.25) is 0 Å². The topological polar surface area (TPSA) is 99.1 Å². The van der Waals surface area contributed by atoms with Crippen molar-refractivity contribution in [3.63, 3.8) is 0 Å². The molecule has 2 unspecified atom stereocenters. The van der Waals surface area contributed by atoms with Crippen molar-refractivity contribution in [2.24, 2.45) is 0 Å². The number of aliphatic carboxylic acids is 1. The molecule has 0 aromatic rings. The van der Waals surface area contributed by atoms with Crippen LogP contribution < -0.4 is 0 Å². The second kappa shape index (κ2) is 42.5. The lowest BCUT2D eigenvalue weighted by Gasteiger charge is -2.31. The normalized spacial score (nSPS) is 13.0. The van der Waals surface area contributed by atoms with Crippen molar-refractivity contribution < 1.29 is 38.2 Å². The van der Waals surface area contributed by atoms with E-state index in [0.29, 0.717) is 19.3 Å². The predicted octanol–water partition coefficient (Wildman–Crippen LogP) is 14.0. The van der Waals surface area contributed by atoms with Crippen LogP contribution in [0.4, 0.5) is 0 Å². The van der Waals surface area contributed by atoms with E-state index in [1.54, 1.807) is 0 Å². The standard InChI is InChI=1S/C51H95NO7/c1-6-8-10-12-14-16-18-20-22-24-25-26-28-30-32-34-36-38-40-42-50(54)59-47(45-57-44-43-48(51(55)56)52(3,4)5)46-58-49(53)41-39-37-35-33-31-29-27-23-21-19-17-15-13-11-9-7-2/h23-25,27,47-48H,6-22,26,28-46H2,1-5H3/p+1/b25-24+,27-23+. The number of carbonyl (C=O) groups excluding carboxylic acids is 2. The summed E-state index contributed by atoms with van der Waals surface area (Å²) >= 11 is 0. The molecule has 0 fully saturated rings. The summed E-state index contributed by atoms with van der Waals surface area (Å²) in [6.45, 7) is 4.75. The molecule has 0 spiro atoms. The fraction of sp³-hybridized carbons (Fsp3) is 0.863. The van der Waals surface area contributed by atoms with Crippen LogP contribution >= 0.6 is 0 Å². The zero-order valence-corrected chi connectivity index (χ0v) is 39.5. The molecule has 8 nitrogen and oxygen atoms in total. The maximum absolute atomic E-state index is 12.8. The SMILES string of the molecule is CCCCCCCCC/C=C/CCCCCCCC(=O)OCC(COCCC(C(=O)O)[N+](C)(C)C)OC(=O)CCCCCCCCC/C=C/CCCCCCCCCC. The van der Waals surface area contributed by atoms with Crippen molar-refractivity contribution in [2.45, 2.75) is 244 Å². The van der Waals surface area contributed by atoms with Gasteiger partial charge in [0, 0.05) is 19.3 Å². The second-order valence-electron chi connectivity index (χ2n) is 18.1.